The maximum Gasteiger partial charge on any atom is 1.00 e. The molecule has 2 aromatic rings. The van der Waals surface area contributed by atoms with Gasteiger partial charge in [-0.05, 0) is 59.8 Å². The van der Waals surface area contributed by atoms with Gasteiger partial charge in [0.05, 0.1) is 21.7 Å². The average Bonchev–Trinajstić information content (AvgIpc) is 2.60. The summed E-state index contributed by atoms with van der Waals surface area (Å²) >= 11 is 8.91. The molecule has 0 fully saturated rings. The molecule has 0 saturated carbocycles. The van der Waals surface area contributed by atoms with E-state index in [9.17, 15) is 25.9 Å². The Balaban J connectivity index is -0.00000210. The van der Waals surface area contributed by atoms with Crippen LogP contribution in [0.3, 0.4) is 0 Å². The predicted molar refractivity (Wildman–Crippen MR) is 113 cm³/mol. The van der Waals surface area contributed by atoms with E-state index in [1.54, 1.807) is 0 Å². The minimum atomic E-state index is -4.61. The third-order valence-corrected chi connectivity index (χ3v) is 5.34. The number of aliphatic imine (C=N–C) groups is 2. The van der Waals surface area contributed by atoms with Gasteiger partial charge in [-0.2, -0.15) is 26.8 Å². The molecule has 2 aromatic carbocycles. The van der Waals surface area contributed by atoms with Crippen molar-refractivity contribution in [3.05, 3.63) is 47.5 Å². The number of rotatable bonds is 6. The van der Waals surface area contributed by atoms with E-state index < -0.39 is 30.0 Å². The normalized spacial score (nSPS) is 10.9. The summed E-state index contributed by atoms with van der Waals surface area (Å²) in [6.45, 7) is 0. The minimum absolute atomic E-state index is 0. The van der Waals surface area contributed by atoms with Gasteiger partial charge in [0.1, 0.15) is 9.79 Å². The van der Waals surface area contributed by atoms with Crippen molar-refractivity contribution < 1.29 is 87.9 Å². The molecule has 0 radical (unpaired) electrons. The first-order valence-electron chi connectivity index (χ1n) is 7.13. The third-order valence-electron chi connectivity index (χ3n) is 3.34. The molecule has 0 unspecified atom stereocenters. The second-order valence-corrected chi connectivity index (χ2v) is 8.28. The van der Waals surface area contributed by atoms with E-state index in [-0.39, 0.29) is 84.5 Å². The molecule has 0 bridgehead atoms. The molecule has 8 nitrogen and oxygen atoms in total. The molecule has 30 heavy (non-hydrogen) atoms. The van der Waals surface area contributed by atoms with Gasteiger partial charge in [0, 0.05) is 0 Å². The molecule has 148 valence electrons. The molecule has 0 saturated heterocycles. The Morgan fingerprint density at radius 2 is 1.10 bits per heavy atom. The van der Waals surface area contributed by atoms with E-state index in [0.29, 0.717) is 0 Å². The van der Waals surface area contributed by atoms with Crippen LogP contribution in [-0.4, -0.2) is 36.3 Å². The van der Waals surface area contributed by atoms with Crippen molar-refractivity contribution in [1.82, 2.24) is 0 Å². The Kier molecular flexibility index (Phi) is 12.4. The molecule has 0 spiro atoms. The summed E-state index contributed by atoms with van der Waals surface area (Å²) < 4.78 is 65.4. The van der Waals surface area contributed by atoms with E-state index >= 15 is 0 Å². The summed E-state index contributed by atoms with van der Waals surface area (Å²) in [6.07, 6.45) is 2.50. The van der Waals surface area contributed by atoms with Gasteiger partial charge in [-0.15, -0.1) is 0 Å². The zero-order chi connectivity index (χ0) is 20.9. The first kappa shape index (κ1) is 29.6. The van der Waals surface area contributed by atoms with Crippen molar-refractivity contribution in [3.8, 4) is 0 Å². The SMILES string of the molecule is O=S(=O)(O)c1cc(N=C=S)ccc1/C=C/c1ccc(N=C=S)cc1S(=O)(=O)O.[H-].[H-].[Na+].[Na+]. The topological polar surface area (TPSA) is 133 Å². The predicted octanol–water partition coefficient (Wildman–Crippen LogP) is -1.95. The van der Waals surface area contributed by atoms with Gasteiger partial charge in [-0.3, -0.25) is 9.11 Å². The standard InChI is InChI=1S/C16H10N2O6S4.2Na.2H/c19-27(20,21)15-7-13(17-9-25)5-3-11(15)1-2-12-4-6-14(18-10-26)8-16(12)28(22,23)24;;;;/h1-8H,(H,19,20,21)(H,22,23,24);;;;/q;2*+1;2*-1/b2-1+;;;;. The first-order valence-corrected chi connectivity index (χ1v) is 10.8. The van der Waals surface area contributed by atoms with Crippen LogP contribution in [0.2, 0.25) is 0 Å². The van der Waals surface area contributed by atoms with Gasteiger partial charge in [0.15, 0.2) is 0 Å². The molecule has 2 rings (SSSR count). The molecular formula is C16H12N2Na2O6S4. The van der Waals surface area contributed by atoms with Crippen LogP contribution in [0.15, 0.2) is 56.2 Å². The average molecular weight is 503 g/mol. The van der Waals surface area contributed by atoms with Crippen LogP contribution in [0.25, 0.3) is 12.2 Å². The largest absolute Gasteiger partial charge is 1.00 e. The molecule has 2 N–H and O–H groups in total. The van der Waals surface area contributed by atoms with Gasteiger partial charge in [-0.1, -0.05) is 24.3 Å². The van der Waals surface area contributed by atoms with Crippen molar-refractivity contribution in [2.24, 2.45) is 9.98 Å². The first-order chi connectivity index (χ1) is 13.1. The Bertz CT molecular complexity index is 1190. The van der Waals surface area contributed by atoms with Crippen LogP contribution in [0, 0.1) is 0 Å². The fraction of sp³-hybridized carbons (Fsp3) is 0. The van der Waals surface area contributed by atoms with E-state index in [1.807, 2.05) is 0 Å². The molecule has 0 aromatic heterocycles. The van der Waals surface area contributed by atoms with Crippen LogP contribution in [0.1, 0.15) is 14.0 Å². The fourth-order valence-electron chi connectivity index (χ4n) is 2.19. The second-order valence-electron chi connectivity index (χ2n) is 5.13. The zero-order valence-corrected chi connectivity index (χ0v) is 22.9. The molecule has 0 aliphatic heterocycles. The fourth-order valence-corrected chi connectivity index (χ4v) is 3.81. The van der Waals surface area contributed by atoms with Crippen LogP contribution in [-0.2, 0) is 20.2 Å². The molecule has 0 aliphatic carbocycles. The second kappa shape index (κ2) is 12.6. The van der Waals surface area contributed by atoms with Gasteiger partial charge < -0.3 is 2.85 Å². The van der Waals surface area contributed by atoms with E-state index in [4.69, 9.17) is 0 Å². The Hall–Kier alpha value is -0.400. The number of benzene rings is 2. The molecule has 0 aliphatic rings. The summed E-state index contributed by atoms with van der Waals surface area (Å²) in [7, 11) is -9.21. The van der Waals surface area contributed by atoms with Gasteiger partial charge >= 0.3 is 59.1 Å². The van der Waals surface area contributed by atoms with Crippen LogP contribution >= 0.6 is 24.4 Å². The van der Waals surface area contributed by atoms with Gasteiger partial charge in [-0.25, -0.2) is 0 Å². The van der Waals surface area contributed by atoms with Crippen LogP contribution < -0.4 is 59.1 Å². The number of hydrogen-bond acceptors (Lipinski definition) is 8. The molecule has 0 heterocycles. The molecule has 0 amide bonds. The quantitative estimate of drug-likeness (QED) is 0.153. The summed E-state index contributed by atoms with van der Waals surface area (Å²) in [5, 5.41) is 4.16. The Morgan fingerprint density at radius 3 is 1.37 bits per heavy atom. The van der Waals surface area contributed by atoms with Crippen molar-refractivity contribution >= 4 is 78.5 Å². The monoisotopic (exact) mass is 502 g/mol. The third kappa shape index (κ3) is 8.27. The zero-order valence-electron chi connectivity index (χ0n) is 17.7. The molecule has 0 atom stereocenters. The molecular weight excluding hydrogens is 490 g/mol. The van der Waals surface area contributed by atoms with Gasteiger partial charge in [0.25, 0.3) is 20.2 Å². The van der Waals surface area contributed by atoms with E-state index in [1.165, 1.54) is 36.4 Å². The van der Waals surface area contributed by atoms with E-state index in [0.717, 1.165) is 12.1 Å². The van der Waals surface area contributed by atoms with E-state index in [2.05, 4.69) is 44.7 Å². The summed E-state index contributed by atoms with van der Waals surface area (Å²) in [4.78, 5) is 6.35. The summed E-state index contributed by atoms with van der Waals surface area (Å²) in [5.41, 5.74) is 0.405. The van der Waals surface area contributed by atoms with Crippen LogP contribution in [0.5, 0.6) is 0 Å². The number of thiocarbonyl (C=S) groups is 2. The smallest absolute Gasteiger partial charge is 1.00 e. The van der Waals surface area contributed by atoms with Crippen molar-refractivity contribution in [3.63, 3.8) is 0 Å². The van der Waals surface area contributed by atoms with Gasteiger partial charge in [0.2, 0.25) is 0 Å². The number of hydrogen-bond donors (Lipinski definition) is 2. The molecule has 14 heteroatoms. The number of nitrogens with zero attached hydrogens (tertiary/aromatic N) is 2. The minimum Gasteiger partial charge on any atom is -1.00 e. The van der Waals surface area contributed by atoms with Crippen molar-refractivity contribution in [2.45, 2.75) is 9.79 Å². The summed E-state index contributed by atoms with van der Waals surface area (Å²) in [6, 6.07) is 7.68. The Morgan fingerprint density at radius 1 is 0.767 bits per heavy atom. The maximum atomic E-state index is 11.6. The van der Waals surface area contributed by atoms with Crippen molar-refractivity contribution in [2.75, 3.05) is 0 Å². The van der Waals surface area contributed by atoms with Crippen LogP contribution in [0.4, 0.5) is 11.4 Å². The maximum absolute atomic E-state index is 11.6. The summed E-state index contributed by atoms with van der Waals surface area (Å²) in [5.74, 6) is 0. The Labute approximate surface area is 231 Å². The van der Waals surface area contributed by atoms with Crippen molar-refractivity contribution in [1.29, 1.82) is 0 Å². The number of isothiocyanates is 2.